The Morgan fingerprint density at radius 2 is 1.83 bits per heavy atom. The zero-order valence-electron chi connectivity index (χ0n) is 20.9. The lowest BCUT2D eigenvalue weighted by atomic mass is 9.95. The van der Waals surface area contributed by atoms with Crippen LogP contribution in [-0.4, -0.2) is 35.7 Å². The zero-order valence-corrected chi connectivity index (χ0v) is 20.9. The predicted molar refractivity (Wildman–Crippen MR) is 138 cm³/mol. The normalized spacial score (nSPS) is 14.5. The molecule has 5 rings (SSSR count). The lowest BCUT2D eigenvalue weighted by Crippen LogP contribution is -2.49. The fraction of sp³-hybridized carbons (Fsp3) is 0.310. The van der Waals surface area contributed by atoms with Gasteiger partial charge in [-0.05, 0) is 68.7 Å². The van der Waals surface area contributed by atoms with Gasteiger partial charge in [0.1, 0.15) is 18.2 Å². The molecule has 0 radical (unpaired) electrons. The minimum atomic E-state index is -0.248. The van der Waals surface area contributed by atoms with Crippen LogP contribution in [0, 0.1) is 20.8 Å². The van der Waals surface area contributed by atoms with Crippen molar-refractivity contribution in [2.24, 2.45) is 0 Å². The van der Waals surface area contributed by atoms with E-state index >= 15 is 0 Å². The van der Waals surface area contributed by atoms with Crippen molar-refractivity contribution in [2.75, 3.05) is 20.3 Å². The lowest BCUT2D eigenvalue weighted by molar-refractivity contribution is -0.0868. The monoisotopic (exact) mass is 469 g/mol. The van der Waals surface area contributed by atoms with Gasteiger partial charge in [0.25, 0.3) is 5.91 Å². The van der Waals surface area contributed by atoms with Gasteiger partial charge in [0.05, 0.1) is 29.8 Å². The van der Waals surface area contributed by atoms with Crippen molar-refractivity contribution < 1.29 is 14.3 Å². The number of hydrogen-bond donors (Lipinski definition) is 1. The van der Waals surface area contributed by atoms with E-state index in [2.05, 4.69) is 55.8 Å². The first-order valence-corrected chi connectivity index (χ1v) is 11.9. The van der Waals surface area contributed by atoms with Crippen molar-refractivity contribution in [1.82, 2.24) is 14.9 Å². The minimum Gasteiger partial charge on any atom is -0.488 e. The van der Waals surface area contributed by atoms with Crippen LogP contribution in [0.2, 0.25) is 0 Å². The maximum atomic E-state index is 12.4. The molecule has 0 unspecified atom stereocenters. The molecular weight excluding hydrogens is 438 g/mol. The Bertz CT molecular complexity index is 1420. The largest absolute Gasteiger partial charge is 0.488 e. The van der Waals surface area contributed by atoms with E-state index in [4.69, 9.17) is 14.5 Å². The van der Waals surface area contributed by atoms with Gasteiger partial charge in [-0.2, -0.15) is 0 Å². The highest BCUT2D eigenvalue weighted by Crippen LogP contribution is 2.40. The number of fused-ring (bicyclic) bond motifs is 1. The van der Waals surface area contributed by atoms with Crippen molar-refractivity contribution in [3.8, 4) is 17.1 Å². The summed E-state index contributed by atoms with van der Waals surface area (Å²) in [5.41, 5.74) is 7.63. The molecule has 1 saturated heterocycles. The second kappa shape index (κ2) is 8.86. The maximum Gasteiger partial charge on any atom is 0.251 e. The summed E-state index contributed by atoms with van der Waals surface area (Å²) in [5.74, 6) is 1.64. The summed E-state index contributed by atoms with van der Waals surface area (Å²) in [5, 5.41) is 2.72. The van der Waals surface area contributed by atoms with Gasteiger partial charge in [-0.25, -0.2) is 4.98 Å². The number of carbonyl (C=O) groups is 1. The van der Waals surface area contributed by atoms with E-state index in [1.165, 1.54) is 0 Å². The van der Waals surface area contributed by atoms with Crippen LogP contribution in [0.4, 0.5) is 0 Å². The molecule has 1 aliphatic rings. The first-order chi connectivity index (χ1) is 16.8. The minimum absolute atomic E-state index is 0.116. The van der Waals surface area contributed by atoms with Crippen molar-refractivity contribution in [1.29, 1.82) is 0 Å². The number of nitrogens with zero attached hydrogens (tertiary/aromatic N) is 2. The molecule has 0 bridgehead atoms. The number of hydrogen-bond acceptors (Lipinski definition) is 4. The molecule has 0 atom stereocenters. The highest BCUT2D eigenvalue weighted by molar-refractivity contribution is 5.98. The van der Waals surface area contributed by atoms with Gasteiger partial charge in [-0.15, -0.1) is 0 Å². The van der Waals surface area contributed by atoms with Gasteiger partial charge < -0.3 is 19.4 Å². The fourth-order valence-corrected chi connectivity index (χ4v) is 4.81. The number of amides is 1. The lowest BCUT2D eigenvalue weighted by Gasteiger charge is -2.41. The van der Waals surface area contributed by atoms with E-state index in [1.807, 2.05) is 36.4 Å². The molecule has 1 N–H and O–H groups in total. The molecule has 6 heteroatoms. The van der Waals surface area contributed by atoms with E-state index < -0.39 is 0 Å². The second-order valence-corrected chi connectivity index (χ2v) is 9.64. The summed E-state index contributed by atoms with van der Waals surface area (Å²) in [6, 6.07) is 18.1. The van der Waals surface area contributed by atoms with Crippen LogP contribution >= 0.6 is 0 Å². The first kappa shape index (κ1) is 23.1. The highest BCUT2D eigenvalue weighted by Gasteiger charge is 2.39. The first-order valence-electron chi connectivity index (χ1n) is 11.9. The molecule has 1 aromatic heterocycles. The summed E-state index contributed by atoms with van der Waals surface area (Å²) in [7, 11) is 1.64. The quantitative estimate of drug-likeness (QED) is 0.416. The molecule has 0 saturated carbocycles. The van der Waals surface area contributed by atoms with Crippen LogP contribution in [0.3, 0.4) is 0 Å². The van der Waals surface area contributed by atoms with Gasteiger partial charge in [-0.3, -0.25) is 4.79 Å². The molecule has 1 amide bonds. The van der Waals surface area contributed by atoms with E-state index in [0.717, 1.165) is 50.4 Å². The molecule has 3 aromatic carbocycles. The molecule has 2 heterocycles. The summed E-state index contributed by atoms with van der Waals surface area (Å²) >= 11 is 0. The third-order valence-corrected chi connectivity index (χ3v) is 7.01. The van der Waals surface area contributed by atoms with Gasteiger partial charge in [0, 0.05) is 23.7 Å². The van der Waals surface area contributed by atoms with E-state index in [9.17, 15) is 4.79 Å². The number of carbonyl (C=O) groups excluding carboxylic acids is 1. The Balaban J connectivity index is 1.67. The topological polar surface area (TPSA) is 65.4 Å². The SMILES string of the molecule is CNC(=O)c1ccc2nc(-c3cc(C)c(C)c(OCc4ccccc4)c3C)n(C3(C)COC3)c2c1. The predicted octanol–water partition coefficient (Wildman–Crippen LogP) is 5.31. The van der Waals surface area contributed by atoms with Crippen molar-refractivity contribution in [2.45, 2.75) is 39.8 Å². The van der Waals surface area contributed by atoms with E-state index in [1.54, 1.807) is 7.05 Å². The molecule has 0 aliphatic carbocycles. The average Bonchev–Trinajstić information content (AvgIpc) is 3.23. The Morgan fingerprint density at radius 1 is 1.09 bits per heavy atom. The summed E-state index contributed by atoms with van der Waals surface area (Å²) in [6.07, 6.45) is 0. The Hall–Kier alpha value is -3.64. The maximum absolute atomic E-state index is 12.4. The van der Waals surface area contributed by atoms with Gasteiger partial charge in [0.15, 0.2) is 0 Å². The zero-order chi connectivity index (χ0) is 24.7. The summed E-state index contributed by atoms with van der Waals surface area (Å²) < 4.78 is 14.3. The Labute approximate surface area is 205 Å². The number of nitrogens with one attached hydrogen (secondary N) is 1. The Kier molecular flexibility index (Phi) is 5.85. The molecular formula is C29H31N3O3. The second-order valence-electron chi connectivity index (χ2n) is 9.64. The number of imidazole rings is 1. The smallest absolute Gasteiger partial charge is 0.251 e. The van der Waals surface area contributed by atoms with Crippen molar-refractivity contribution in [3.63, 3.8) is 0 Å². The van der Waals surface area contributed by atoms with Crippen molar-refractivity contribution >= 4 is 16.9 Å². The van der Waals surface area contributed by atoms with Gasteiger partial charge in [0.2, 0.25) is 0 Å². The summed E-state index contributed by atoms with van der Waals surface area (Å²) in [6.45, 7) is 10.2. The molecule has 1 aliphatic heterocycles. The number of aryl methyl sites for hydroxylation is 1. The molecule has 1 fully saturated rings. The van der Waals surface area contributed by atoms with E-state index in [0.29, 0.717) is 25.4 Å². The van der Waals surface area contributed by atoms with Crippen LogP contribution in [0.15, 0.2) is 54.6 Å². The average molecular weight is 470 g/mol. The number of ether oxygens (including phenoxy) is 2. The number of aromatic nitrogens is 2. The standard InChI is InChI=1S/C29H31N3O3/c1-18-13-23(20(3)26(19(18)2)35-15-21-9-7-6-8-10-21)27-31-24-12-11-22(28(33)30-5)14-25(24)32(27)29(4)16-34-17-29/h6-14H,15-17H2,1-5H3,(H,30,33). The fourth-order valence-electron chi connectivity index (χ4n) is 4.81. The Morgan fingerprint density at radius 3 is 2.49 bits per heavy atom. The van der Waals surface area contributed by atoms with Crippen LogP contribution < -0.4 is 10.1 Å². The van der Waals surface area contributed by atoms with E-state index in [-0.39, 0.29) is 11.4 Å². The van der Waals surface area contributed by atoms with Crippen LogP contribution in [0.1, 0.15) is 39.5 Å². The van der Waals surface area contributed by atoms with Gasteiger partial charge in [-0.1, -0.05) is 30.3 Å². The molecule has 6 nitrogen and oxygen atoms in total. The number of rotatable bonds is 6. The highest BCUT2D eigenvalue weighted by atomic mass is 16.5. The van der Waals surface area contributed by atoms with Crippen LogP contribution in [0.25, 0.3) is 22.4 Å². The third kappa shape index (κ3) is 3.98. The van der Waals surface area contributed by atoms with Crippen LogP contribution in [-0.2, 0) is 16.9 Å². The summed E-state index contributed by atoms with van der Waals surface area (Å²) in [4.78, 5) is 17.4. The third-order valence-electron chi connectivity index (χ3n) is 7.01. The van der Waals surface area contributed by atoms with Gasteiger partial charge >= 0.3 is 0 Å². The molecule has 180 valence electrons. The molecule has 0 spiro atoms. The van der Waals surface area contributed by atoms with Crippen LogP contribution in [0.5, 0.6) is 5.75 Å². The van der Waals surface area contributed by atoms with Crippen molar-refractivity contribution in [3.05, 3.63) is 82.4 Å². The molecule has 35 heavy (non-hydrogen) atoms. The molecule has 4 aromatic rings. The number of benzene rings is 3.